The Labute approximate surface area is 157 Å². The summed E-state index contributed by atoms with van der Waals surface area (Å²) in [6, 6.07) is 31.6. The van der Waals surface area contributed by atoms with Crippen molar-refractivity contribution < 1.29 is 9.22 Å². The predicted octanol–water partition coefficient (Wildman–Crippen LogP) is 4.70. The molecule has 0 heterocycles. The molecule has 2 heteroatoms. The molecule has 0 radical (unpaired) electrons. The maximum Gasteiger partial charge on any atom is 0.144 e. The monoisotopic (exact) mass is 346 g/mol. The van der Waals surface area contributed by atoms with Gasteiger partial charge in [0, 0.05) is 0 Å². The van der Waals surface area contributed by atoms with E-state index in [0.717, 1.165) is 27.7 Å². The molecule has 3 aromatic carbocycles. The van der Waals surface area contributed by atoms with Crippen LogP contribution >= 0.6 is 0 Å². The van der Waals surface area contributed by atoms with Crippen LogP contribution in [-0.2, 0) is 10.3 Å². The van der Waals surface area contributed by atoms with Crippen LogP contribution in [0.5, 0.6) is 0 Å². The van der Waals surface area contributed by atoms with Gasteiger partial charge in [0.2, 0.25) is 0 Å². The van der Waals surface area contributed by atoms with Crippen molar-refractivity contribution in [3.63, 3.8) is 0 Å². The fourth-order valence-corrected chi connectivity index (χ4v) is 3.24. The van der Waals surface area contributed by atoms with Crippen molar-refractivity contribution in [2.75, 3.05) is 34.3 Å². The van der Waals surface area contributed by atoms with Crippen molar-refractivity contribution >= 4 is 0 Å². The van der Waals surface area contributed by atoms with Gasteiger partial charge in [0.1, 0.15) is 12.1 Å². The maximum absolute atomic E-state index is 6.75. The summed E-state index contributed by atoms with van der Waals surface area (Å²) in [7, 11) is 6.58. The first-order valence-corrected chi connectivity index (χ1v) is 9.13. The maximum atomic E-state index is 6.75. The largest absolute Gasteiger partial charge is 0.355 e. The van der Waals surface area contributed by atoms with Crippen LogP contribution in [0, 0.1) is 0 Å². The fourth-order valence-electron chi connectivity index (χ4n) is 3.24. The Balaban J connectivity index is 2.15. The van der Waals surface area contributed by atoms with Gasteiger partial charge >= 0.3 is 0 Å². The molecule has 0 saturated heterocycles. The lowest BCUT2D eigenvalue weighted by molar-refractivity contribution is -0.871. The van der Waals surface area contributed by atoms with E-state index < -0.39 is 5.60 Å². The molecule has 0 spiro atoms. The molecule has 0 amide bonds. The molecule has 0 aromatic heterocycles. The lowest BCUT2D eigenvalue weighted by Crippen LogP contribution is -2.41. The number of ether oxygens (including phenoxy) is 1. The van der Waals surface area contributed by atoms with Crippen LogP contribution < -0.4 is 0 Å². The predicted molar refractivity (Wildman–Crippen MR) is 108 cm³/mol. The molecule has 0 fully saturated rings. The van der Waals surface area contributed by atoms with E-state index in [9.17, 15) is 0 Å². The first-order chi connectivity index (χ1) is 12.5. The van der Waals surface area contributed by atoms with Gasteiger partial charge in [-0.2, -0.15) is 0 Å². The van der Waals surface area contributed by atoms with E-state index in [-0.39, 0.29) is 0 Å². The topological polar surface area (TPSA) is 9.23 Å². The Hall–Kier alpha value is -2.42. The van der Waals surface area contributed by atoms with Gasteiger partial charge in [0.25, 0.3) is 0 Å². The van der Waals surface area contributed by atoms with Gasteiger partial charge in [-0.15, -0.1) is 0 Å². The second-order valence-corrected chi connectivity index (χ2v) is 7.64. The molecule has 0 atom stereocenters. The SMILES string of the molecule is C[N+](C)(C)CCOC(c1ccccc1)(c1ccccc1)c1ccccc1. The normalized spacial score (nSPS) is 12.1. The fraction of sp³-hybridized carbons (Fsp3) is 0.250. The summed E-state index contributed by atoms with van der Waals surface area (Å²) in [5.74, 6) is 0. The van der Waals surface area contributed by atoms with Gasteiger partial charge in [-0.3, -0.25) is 0 Å². The Morgan fingerprint density at radius 3 is 1.27 bits per heavy atom. The summed E-state index contributed by atoms with van der Waals surface area (Å²) in [4.78, 5) is 0. The number of nitrogens with zero attached hydrogens (tertiary/aromatic N) is 1. The average Bonchev–Trinajstić information content (AvgIpc) is 2.67. The Bertz CT molecular complexity index is 695. The summed E-state index contributed by atoms with van der Waals surface area (Å²) in [5, 5.41) is 0. The van der Waals surface area contributed by atoms with E-state index in [0.29, 0.717) is 6.61 Å². The molecule has 0 aliphatic carbocycles. The molecule has 0 bridgehead atoms. The minimum absolute atomic E-state index is 0.612. The van der Waals surface area contributed by atoms with E-state index in [1.165, 1.54) is 0 Å². The molecule has 0 aliphatic rings. The van der Waals surface area contributed by atoms with Crippen molar-refractivity contribution in [3.8, 4) is 0 Å². The van der Waals surface area contributed by atoms with Gasteiger partial charge in [-0.1, -0.05) is 91.0 Å². The zero-order chi connectivity index (χ0) is 18.5. The van der Waals surface area contributed by atoms with Crippen LogP contribution in [0.4, 0.5) is 0 Å². The molecular weight excluding hydrogens is 318 g/mol. The first-order valence-electron chi connectivity index (χ1n) is 9.13. The number of quaternary nitrogens is 1. The first kappa shape index (κ1) is 18.4. The minimum atomic E-state index is -0.612. The van der Waals surface area contributed by atoms with Crippen molar-refractivity contribution in [2.45, 2.75) is 5.60 Å². The number of rotatable bonds is 7. The van der Waals surface area contributed by atoms with Crippen LogP contribution in [0.15, 0.2) is 91.0 Å². The Morgan fingerprint density at radius 1 is 0.615 bits per heavy atom. The molecule has 26 heavy (non-hydrogen) atoms. The Morgan fingerprint density at radius 2 is 0.962 bits per heavy atom. The molecular formula is C24H28NO+. The van der Waals surface area contributed by atoms with Crippen LogP contribution in [0.3, 0.4) is 0 Å². The van der Waals surface area contributed by atoms with Crippen molar-refractivity contribution in [1.82, 2.24) is 0 Å². The molecule has 134 valence electrons. The third-order valence-corrected chi connectivity index (χ3v) is 4.62. The van der Waals surface area contributed by atoms with E-state index in [4.69, 9.17) is 4.74 Å². The van der Waals surface area contributed by atoms with E-state index in [1.54, 1.807) is 0 Å². The van der Waals surface area contributed by atoms with Crippen LogP contribution in [0.1, 0.15) is 16.7 Å². The van der Waals surface area contributed by atoms with Gasteiger partial charge < -0.3 is 9.22 Å². The van der Waals surface area contributed by atoms with Crippen molar-refractivity contribution in [3.05, 3.63) is 108 Å². The lowest BCUT2D eigenvalue weighted by Gasteiger charge is -2.37. The van der Waals surface area contributed by atoms with Crippen LogP contribution in [-0.4, -0.2) is 38.8 Å². The van der Waals surface area contributed by atoms with Crippen molar-refractivity contribution in [1.29, 1.82) is 0 Å². The van der Waals surface area contributed by atoms with E-state index >= 15 is 0 Å². The summed E-state index contributed by atoms with van der Waals surface area (Å²) in [5.41, 5.74) is 2.84. The molecule has 0 N–H and O–H groups in total. The van der Waals surface area contributed by atoms with Gasteiger partial charge in [0.05, 0.1) is 27.7 Å². The molecule has 3 aromatic rings. The van der Waals surface area contributed by atoms with Gasteiger partial charge in [0.15, 0.2) is 0 Å². The number of hydrogen-bond acceptors (Lipinski definition) is 1. The van der Waals surface area contributed by atoms with E-state index in [2.05, 4.69) is 112 Å². The second-order valence-electron chi connectivity index (χ2n) is 7.64. The second kappa shape index (κ2) is 7.86. The van der Waals surface area contributed by atoms with Crippen LogP contribution in [0.25, 0.3) is 0 Å². The van der Waals surface area contributed by atoms with E-state index in [1.807, 2.05) is 0 Å². The number of hydrogen-bond donors (Lipinski definition) is 0. The summed E-state index contributed by atoms with van der Waals surface area (Å²) in [6.45, 7) is 1.61. The van der Waals surface area contributed by atoms with Crippen LogP contribution in [0.2, 0.25) is 0 Å². The molecule has 0 unspecified atom stereocenters. The molecule has 3 rings (SSSR count). The summed E-state index contributed by atoms with van der Waals surface area (Å²) >= 11 is 0. The smallest absolute Gasteiger partial charge is 0.144 e. The lowest BCUT2D eigenvalue weighted by atomic mass is 9.80. The standard InChI is InChI=1S/C24H28NO/c1-25(2,3)19-20-26-24(21-13-7-4-8-14-21,22-15-9-5-10-16-22)23-17-11-6-12-18-23/h4-18H,19-20H2,1-3H3/q+1. The highest BCUT2D eigenvalue weighted by Crippen LogP contribution is 2.40. The highest BCUT2D eigenvalue weighted by molar-refractivity contribution is 5.47. The van der Waals surface area contributed by atoms with Gasteiger partial charge in [-0.25, -0.2) is 0 Å². The summed E-state index contributed by atoms with van der Waals surface area (Å²) < 4.78 is 7.62. The third-order valence-electron chi connectivity index (χ3n) is 4.62. The highest BCUT2D eigenvalue weighted by atomic mass is 16.5. The molecule has 2 nitrogen and oxygen atoms in total. The quantitative estimate of drug-likeness (QED) is 0.445. The highest BCUT2D eigenvalue weighted by Gasteiger charge is 2.37. The molecule has 0 aliphatic heterocycles. The molecule has 0 saturated carbocycles. The summed E-state index contributed by atoms with van der Waals surface area (Å²) in [6.07, 6.45) is 0. The number of likely N-dealkylation sites (N-methyl/N-ethyl adjacent to an activating group) is 1. The minimum Gasteiger partial charge on any atom is -0.355 e. The van der Waals surface area contributed by atoms with Crippen molar-refractivity contribution in [2.24, 2.45) is 0 Å². The zero-order valence-electron chi connectivity index (χ0n) is 15.9. The number of benzene rings is 3. The average molecular weight is 346 g/mol. The zero-order valence-corrected chi connectivity index (χ0v) is 15.9. The third kappa shape index (κ3) is 4.04. The van der Waals surface area contributed by atoms with Gasteiger partial charge in [-0.05, 0) is 16.7 Å². The Kier molecular flexibility index (Phi) is 5.55.